The fraction of sp³-hybridized carbons (Fsp3) is 0.750. The van der Waals surface area contributed by atoms with E-state index in [1.807, 2.05) is 0 Å². The molecule has 0 aliphatic carbocycles. The van der Waals surface area contributed by atoms with Crippen LogP contribution in [0.1, 0.15) is 66.5 Å². The molecule has 62 heavy (non-hydrogen) atoms. The molecule has 0 saturated carbocycles. The number of rotatable bonds is 6. The van der Waals surface area contributed by atoms with Gasteiger partial charge in [0.05, 0.1) is 22.4 Å². The molecular formula is C48H84B2N8O4. The predicted molar refractivity (Wildman–Crippen MR) is 258 cm³/mol. The van der Waals surface area contributed by atoms with Crippen molar-refractivity contribution in [2.75, 3.05) is 146 Å². The van der Waals surface area contributed by atoms with E-state index >= 15 is 0 Å². The Bertz CT molecular complexity index is 1550. The van der Waals surface area contributed by atoms with Crippen LogP contribution >= 0.6 is 0 Å². The summed E-state index contributed by atoms with van der Waals surface area (Å²) in [7, 11) is 8.53. The zero-order valence-electron chi connectivity index (χ0n) is 41.1. The number of nitrogens with zero attached hydrogens (tertiary/aromatic N) is 8. The molecule has 2 bridgehead atoms. The van der Waals surface area contributed by atoms with E-state index in [1.165, 1.54) is 11.1 Å². The molecule has 2 unspecified atom stereocenters. The normalized spacial score (nSPS) is 27.7. The van der Waals surface area contributed by atoms with Gasteiger partial charge in [0.15, 0.2) is 0 Å². The van der Waals surface area contributed by atoms with Crippen LogP contribution in [0.25, 0.3) is 0 Å². The summed E-state index contributed by atoms with van der Waals surface area (Å²) >= 11 is 0. The first kappa shape index (κ1) is 49.5. The topological polar surface area (TPSA) is 62.8 Å². The molecule has 7 rings (SSSR count). The first-order valence-electron chi connectivity index (χ1n) is 23.8. The third kappa shape index (κ3) is 13.8. The van der Waals surface area contributed by atoms with Gasteiger partial charge in [0.2, 0.25) is 0 Å². The van der Waals surface area contributed by atoms with Crippen LogP contribution in [0, 0.1) is 0 Å². The van der Waals surface area contributed by atoms with Crippen molar-refractivity contribution in [2.24, 2.45) is 0 Å². The monoisotopic (exact) mass is 859 g/mol. The lowest BCUT2D eigenvalue weighted by atomic mass is 9.78. The van der Waals surface area contributed by atoms with Crippen LogP contribution in [0.4, 0.5) is 0 Å². The highest BCUT2D eigenvalue weighted by molar-refractivity contribution is 6.62. The molecule has 0 aromatic heterocycles. The molecule has 5 aliphatic rings. The zero-order valence-corrected chi connectivity index (χ0v) is 41.1. The summed E-state index contributed by atoms with van der Waals surface area (Å²) in [5, 5.41) is 0. The lowest BCUT2D eigenvalue weighted by molar-refractivity contribution is 0.00578. The van der Waals surface area contributed by atoms with Gasteiger partial charge in [-0.3, -0.25) is 19.6 Å². The minimum absolute atomic E-state index is 0.351. The molecule has 0 amide bonds. The average molecular weight is 859 g/mol. The molecule has 0 N–H and O–H groups in total. The lowest BCUT2D eigenvalue weighted by Gasteiger charge is -2.34. The minimum Gasteiger partial charge on any atom is -0.399 e. The minimum atomic E-state index is -0.360. The summed E-state index contributed by atoms with van der Waals surface area (Å²) in [6, 6.07) is 17.8. The third-order valence-corrected chi connectivity index (χ3v) is 14.9. The third-order valence-electron chi connectivity index (χ3n) is 14.9. The van der Waals surface area contributed by atoms with Gasteiger partial charge < -0.3 is 38.2 Å². The van der Waals surface area contributed by atoms with Gasteiger partial charge >= 0.3 is 14.2 Å². The fourth-order valence-corrected chi connectivity index (χ4v) is 8.59. The van der Waals surface area contributed by atoms with Gasteiger partial charge in [-0.15, -0.1) is 0 Å². The largest absolute Gasteiger partial charge is 0.494 e. The van der Waals surface area contributed by atoms with Crippen molar-refractivity contribution in [3.05, 3.63) is 59.7 Å². The van der Waals surface area contributed by atoms with Crippen LogP contribution in [0.3, 0.4) is 0 Å². The van der Waals surface area contributed by atoms with Crippen LogP contribution < -0.4 is 10.9 Å². The van der Waals surface area contributed by atoms with Crippen LogP contribution in [-0.2, 0) is 31.7 Å². The zero-order chi connectivity index (χ0) is 44.7. The van der Waals surface area contributed by atoms with Gasteiger partial charge in [0.25, 0.3) is 0 Å². The molecule has 5 saturated heterocycles. The summed E-state index contributed by atoms with van der Waals surface area (Å²) in [5.74, 6) is 0. The molecular weight excluding hydrogens is 774 g/mol. The molecule has 2 aromatic carbocycles. The van der Waals surface area contributed by atoms with E-state index in [2.05, 4.69) is 171 Å². The van der Waals surface area contributed by atoms with Crippen LogP contribution in [0.15, 0.2) is 48.5 Å². The molecule has 2 aromatic rings. The molecule has 2 atom stereocenters. The summed E-state index contributed by atoms with van der Waals surface area (Å²) < 4.78 is 25.9. The molecule has 5 heterocycles. The standard InChI is InChI=1S/C48H84B2N8O4/c1-45(2)46(3,4)60-49(59-45)43-17-13-15-41(37-43)39-57-31-25-53(11)23-30-56-28-22-52(10)20-19-51(9)21-27-55(33-35-57)29-24-54(12)26-32-58(36-34-56)40-42-16-14-18-44(38-42)50-61-47(5,6)48(7,8)62-50/h13-18,37-38H,19-36,39-40H2,1-12H3. The maximum absolute atomic E-state index is 6.46. The van der Waals surface area contributed by atoms with Crippen LogP contribution in [0.2, 0.25) is 0 Å². The molecule has 0 spiro atoms. The van der Waals surface area contributed by atoms with E-state index in [-0.39, 0.29) is 36.6 Å². The summed E-state index contributed by atoms with van der Waals surface area (Å²) in [5.41, 5.74) is 3.40. The number of likely N-dealkylation sites (N-methyl/N-ethyl adjacent to an activating group) is 4. The van der Waals surface area contributed by atoms with Gasteiger partial charge in [-0.25, -0.2) is 0 Å². The molecule has 5 fully saturated rings. The summed E-state index contributed by atoms with van der Waals surface area (Å²) in [6.07, 6.45) is 0. The Morgan fingerprint density at radius 1 is 0.387 bits per heavy atom. The Morgan fingerprint density at radius 2 is 0.645 bits per heavy atom. The van der Waals surface area contributed by atoms with Crippen molar-refractivity contribution in [2.45, 2.75) is 90.9 Å². The van der Waals surface area contributed by atoms with Crippen LogP contribution in [-0.4, -0.2) is 222 Å². The van der Waals surface area contributed by atoms with Gasteiger partial charge in [-0.05, 0) is 106 Å². The van der Waals surface area contributed by atoms with Crippen molar-refractivity contribution in [3.63, 3.8) is 0 Å². The number of benzene rings is 2. The molecule has 0 radical (unpaired) electrons. The Balaban J connectivity index is 1.18. The molecule has 5 aliphatic heterocycles. The SMILES string of the molecule is CN1CCN(C)CCN2CCN(C)CCN(Cc3cccc(B4OC(C)(C)C(C)(C)O4)c3)CCN(CC1)CCN(C)CCN(Cc1cccc(B3OC(C)(C)C(C)(C)O3)c1)CC2. The highest BCUT2D eigenvalue weighted by Gasteiger charge is 2.52. The van der Waals surface area contributed by atoms with Gasteiger partial charge in [-0.2, -0.15) is 0 Å². The number of fused-ring (bicyclic) bond motifs is 21. The molecule has 12 nitrogen and oxygen atoms in total. The van der Waals surface area contributed by atoms with Crippen LogP contribution in [0.5, 0.6) is 0 Å². The number of hydrogen-bond acceptors (Lipinski definition) is 12. The average Bonchev–Trinajstić information content (AvgIpc) is 3.58. The second-order valence-corrected chi connectivity index (χ2v) is 21.1. The van der Waals surface area contributed by atoms with Gasteiger partial charge in [0.1, 0.15) is 0 Å². The second-order valence-electron chi connectivity index (χ2n) is 21.1. The summed E-state index contributed by atoms with van der Waals surface area (Å²) in [4.78, 5) is 21.0. The van der Waals surface area contributed by atoms with Crippen molar-refractivity contribution in [3.8, 4) is 0 Å². The smallest absolute Gasteiger partial charge is 0.399 e. The van der Waals surface area contributed by atoms with E-state index in [1.54, 1.807) is 0 Å². The lowest BCUT2D eigenvalue weighted by Crippen LogP contribution is -2.47. The van der Waals surface area contributed by atoms with Crippen molar-refractivity contribution in [1.82, 2.24) is 39.2 Å². The first-order chi connectivity index (χ1) is 29.3. The van der Waals surface area contributed by atoms with Crippen molar-refractivity contribution >= 4 is 25.2 Å². The fourth-order valence-electron chi connectivity index (χ4n) is 8.59. The van der Waals surface area contributed by atoms with E-state index in [4.69, 9.17) is 18.6 Å². The maximum atomic E-state index is 6.46. The quantitative estimate of drug-likeness (QED) is 0.402. The maximum Gasteiger partial charge on any atom is 0.494 e. The predicted octanol–water partition coefficient (Wildman–Crippen LogP) is 2.95. The summed E-state index contributed by atoms with van der Waals surface area (Å²) in [6.45, 7) is 37.7. The second kappa shape index (κ2) is 21.6. The molecule has 346 valence electrons. The van der Waals surface area contributed by atoms with E-state index < -0.39 is 0 Å². The van der Waals surface area contributed by atoms with E-state index in [0.717, 1.165) is 142 Å². The Kier molecular flexibility index (Phi) is 17.2. The van der Waals surface area contributed by atoms with E-state index in [9.17, 15) is 0 Å². The highest BCUT2D eigenvalue weighted by Crippen LogP contribution is 2.37. The van der Waals surface area contributed by atoms with Crippen molar-refractivity contribution < 1.29 is 18.6 Å². The van der Waals surface area contributed by atoms with Gasteiger partial charge in [-0.1, -0.05) is 48.5 Å². The highest BCUT2D eigenvalue weighted by atomic mass is 16.7. The Labute approximate surface area is 378 Å². The number of hydrogen-bond donors (Lipinski definition) is 0. The Hall–Kier alpha value is -1.91. The van der Waals surface area contributed by atoms with Gasteiger partial charge in [0, 0.05) is 131 Å². The Morgan fingerprint density at radius 3 is 0.968 bits per heavy atom. The molecule has 14 heteroatoms. The van der Waals surface area contributed by atoms with E-state index in [0.29, 0.717) is 0 Å². The first-order valence-corrected chi connectivity index (χ1v) is 23.8. The van der Waals surface area contributed by atoms with Crippen molar-refractivity contribution in [1.29, 1.82) is 0 Å².